The lowest BCUT2D eigenvalue weighted by molar-refractivity contribution is -0.133. The normalized spacial score (nSPS) is 36.2. The number of nitrogens with two attached hydrogens (primary N) is 1. The lowest BCUT2D eigenvalue weighted by atomic mass is 9.70. The molecule has 1 amide bonds. The Morgan fingerprint density at radius 2 is 2.05 bits per heavy atom. The van der Waals surface area contributed by atoms with E-state index >= 15 is 0 Å². The first-order chi connectivity index (χ1) is 8.91. The Hall–Kier alpha value is -0.320. The minimum atomic E-state index is -0.282. The van der Waals surface area contributed by atoms with Gasteiger partial charge >= 0.3 is 0 Å². The molecule has 3 N–H and O–H groups in total. The molecule has 2 aliphatic rings. The largest absolute Gasteiger partial charge is 0.364 e. The quantitative estimate of drug-likeness (QED) is 0.840. The summed E-state index contributed by atoms with van der Waals surface area (Å²) in [5.41, 5.74) is 5.99. The molecule has 0 radical (unpaired) electrons. The van der Waals surface area contributed by atoms with Crippen LogP contribution < -0.4 is 11.1 Å². The third kappa shape index (κ3) is 4.34. The zero-order chi connectivity index (χ0) is 14.0. The molecule has 2 unspecified atom stereocenters. The van der Waals surface area contributed by atoms with E-state index in [2.05, 4.69) is 26.1 Å². The highest BCUT2D eigenvalue weighted by Crippen LogP contribution is 2.38. The Kier molecular flexibility index (Phi) is 6.29. The molecule has 2 rings (SSSR count). The Morgan fingerprint density at radius 1 is 1.35 bits per heavy atom. The van der Waals surface area contributed by atoms with E-state index in [1.807, 2.05) is 0 Å². The molecule has 1 saturated carbocycles. The van der Waals surface area contributed by atoms with Crippen molar-refractivity contribution in [3.8, 4) is 0 Å². The molecule has 5 heteroatoms. The maximum atomic E-state index is 12.2. The number of ether oxygens (including phenoxy) is 1. The van der Waals surface area contributed by atoms with E-state index in [1.165, 1.54) is 12.8 Å². The standard InChI is InChI=1S/C15H28N2O2.ClH/c1-10-8-15(2,3)7-6-12(10)17-14(18)13-5-4-11(9-16)19-13;/h10-13H,4-9,16H2,1-3H3,(H,17,18);1H/t10?,11-,12?,13+;/m1./s1. The minimum absolute atomic E-state index is 0. The summed E-state index contributed by atoms with van der Waals surface area (Å²) in [7, 11) is 0. The molecule has 1 aliphatic heterocycles. The van der Waals surface area contributed by atoms with E-state index in [-0.39, 0.29) is 30.5 Å². The first-order valence-electron chi connectivity index (χ1n) is 7.57. The molecule has 0 spiro atoms. The van der Waals surface area contributed by atoms with Crippen LogP contribution in [0.1, 0.15) is 52.9 Å². The topological polar surface area (TPSA) is 64.4 Å². The van der Waals surface area contributed by atoms with Gasteiger partial charge in [-0.25, -0.2) is 0 Å². The van der Waals surface area contributed by atoms with E-state index in [0.29, 0.717) is 23.9 Å². The lowest BCUT2D eigenvalue weighted by Gasteiger charge is -2.39. The van der Waals surface area contributed by atoms with Crippen molar-refractivity contribution in [3.05, 3.63) is 0 Å². The number of hydrogen-bond donors (Lipinski definition) is 2. The predicted octanol–water partition coefficient (Wildman–Crippen LogP) is 2.25. The molecule has 0 aromatic rings. The van der Waals surface area contributed by atoms with Gasteiger partial charge in [0.25, 0.3) is 0 Å². The zero-order valence-corrected chi connectivity index (χ0v) is 13.7. The van der Waals surface area contributed by atoms with Crippen molar-refractivity contribution in [1.29, 1.82) is 0 Å². The summed E-state index contributed by atoms with van der Waals surface area (Å²) in [6.07, 6.45) is 4.93. The zero-order valence-electron chi connectivity index (χ0n) is 12.9. The molecular weight excluding hydrogens is 276 g/mol. The fraction of sp³-hybridized carbons (Fsp3) is 0.933. The summed E-state index contributed by atoms with van der Waals surface area (Å²) in [4.78, 5) is 12.2. The maximum absolute atomic E-state index is 12.2. The van der Waals surface area contributed by atoms with E-state index in [9.17, 15) is 4.79 Å². The Bertz CT molecular complexity index is 336. The van der Waals surface area contributed by atoms with Gasteiger partial charge in [-0.2, -0.15) is 0 Å². The maximum Gasteiger partial charge on any atom is 0.249 e. The van der Waals surface area contributed by atoms with Crippen molar-refractivity contribution >= 4 is 18.3 Å². The van der Waals surface area contributed by atoms with Gasteiger partial charge in [-0.3, -0.25) is 4.79 Å². The van der Waals surface area contributed by atoms with Gasteiger partial charge in [-0.05, 0) is 43.4 Å². The van der Waals surface area contributed by atoms with Crippen LogP contribution in [0.15, 0.2) is 0 Å². The molecule has 2 fully saturated rings. The van der Waals surface area contributed by atoms with Crippen LogP contribution >= 0.6 is 12.4 Å². The van der Waals surface area contributed by atoms with Crippen LogP contribution in [0.5, 0.6) is 0 Å². The van der Waals surface area contributed by atoms with Crippen LogP contribution in [0.4, 0.5) is 0 Å². The van der Waals surface area contributed by atoms with Gasteiger partial charge < -0.3 is 15.8 Å². The molecule has 0 bridgehead atoms. The molecule has 1 heterocycles. The molecular formula is C15H29ClN2O2. The fourth-order valence-electron chi connectivity index (χ4n) is 3.51. The average Bonchev–Trinajstić information content (AvgIpc) is 2.81. The van der Waals surface area contributed by atoms with E-state index in [4.69, 9.17) is 10.5 Å². The first kappa shape index (κ1) is 17.7. The molecule has 4 atom stereocenters. The van der Waals surface area contributed by atoms with Crippen LogP contribution in [0, 0.1) is 11.3 Å². The Balaban J connectivity index is 0.00000200. The van der Waals surface area contributed by atoms with Gasteiger partial charge in [-0.15, -0.1) is 12.4 Å². The van der Waals surface area contributed by atoms with Gasteiger partial charge in [0.05, 0.1) is 6.10 Å². The van der Waals surface area contributed by atoms with E-state index in [0.717, 1.165) is 19.3 Å². The smallest absolute Gasteiger partial charge is 0.249 e. The summed E-state index contributed by atoms with van der Waals surface area (Å²) >= 11 is 0. The number of hydrogen-bond acceptors (Lipinski definition) is 3. The van der Waals surface area contributed by atoms with Crippen LogP contribution in [-0.2, 0) is 9.53 Å². The van der Waals surface area contributed by atoms with Crippen molar-refractivity contribution < 1.29 is 9.53 Å². The van der Waals surface area contributed by atoms with Gasteiger partial charge in [0.2, 0.25) is 5.91 Å². The average molecular weight is 305 g/mol. The lowest BCUT2D eigenvalue weighted by Crippen LogP contribution is -2.47. The van der Waals surface area contributed by atoms with Crippen LogP contribution in [-0.4, -0.2) is 30.7 Å². The SMILES string of the molecule is CC1CC(C)(C)CCC1NC(=O)[C@@H]1CC[C@H](CN)O1.Cl. The van der Waals surface area contributed by atoms with Crippen LogP contribution in [0.2, 0.25) is 0 Å². The summed E-state index contributed by atoms with van der Waals surface area (Å²) in [6.45, 7) is 7.38. The molecule has 1 saturated heterocycles. The van der Waals surface area contributed by atoms with Crippen LogP contribution in [0.3, 0.4) is 0 Å². The second-order valence-corrected chi connectivity index (χ2v) is 7.06. The molecule has 118 valence electrons. The summed E-state index contributed by atoms with van der Waals surface area (Å²) in [6, 6.07) is 0.307. The van der Waals surface area contributed by atoms with Gasteiger partial charge in [0, 0.05) is 12.6 Å². The molecule has 0 aromatic carbocycles. The summed E-state index contributed by atoms with van der Waals surface area (Å²) in [5, 5.41) is 3.19. The Labute approximate surface area is 128 Å². The fourth-order valence-corrected chi connectivity index (χ4v) is 3.51. The van der Waals surface area contributed by atoms with Gasteiger partial charge in [0.15, 0.2) is 0 Å². The second-order valence-electron chi connectivity index (χ2n) is 7.06. The third-order valence-electron chi connectivity index (χ3n) is 4.68. The highest BCUT2D eigenvalue weighted by atomic mass is 35.5. The van der Waals surface area contributed by atoms with Gasteiger partial charge in [0.1, 0.15) is 6.10 Å². The number of carbonyl (C=O) groups is 1. The van der Waals surface area contributed by atoms with Crippen molar-refractivity contribution in [2.24, 2.45) is 17.1 Å². The molecule has 4 nitrogen and oxygen atoms in total. The number of nitrogens with one attached hydrogen (secondary N) is 1. The Morgan fingerprint density at radius 3 is 2.60 bits per heavy atom. The summed E-state index contributed by atoms with van der Waals surface area (Å²) < 4.78 is 5.65. The van der Waals surface area contributed by atoms with E-state index < -0.39 is 0 Å². The van der Waals surface area contributed by atoms with E-state index in [1.54, 1.807) is 0 Å². The van der Waals surface area contributed by atoms with Gasteiger partial charge in [-0.1, -0.05) is 20.8 Å². The number of halogens is 1. The molecule has 20 heavy (non-hydrogen) atoms. The number of amides is 1. The number of rotatable bonds is 3. The monoisotopic (exact) mass is 304 g/mol. The van der Waals surface area contributed by atoms with Crippen molar-refractivity contribution in [2.45, 2.75) is 71.1 Å². The van der Waals surface area contributed by atoms with Crippen LogP contribution in [0.25, 0.3) is 0 Å². The highest BCUT2D eigenvalue weighted by Gasteiger charge is 2.36. The minimum Gasteiger partial charge on any atom is -0.364 e. The molecule has 0 aromatic heterocycles. The van der Waals surface area contributed by atoms with Crippen molar-refractivity contribution in [2.75, 3.05) is 6.54 Å². The number of carbonyl (C=O) groups excluding carboxylic acids is 1. The molecule has 1 aliphatic carbocycles. The highest BCUT2D eigenvalue weighted by molar-refractivity contribution is 5.85. The van der Waals surface area contributed by atoms with Crippen molar-refractivity contribution in [3.63, 3.8) is 0 Å². The summed E-state index contributed by atoms with van der Waals surface area (Å²) in [5.74, 6) is 0.604. The second kappa shape index (κ2) is 7.10. The van der Waals surface area contributed by atoms with Crippen molar-refractivity contribution in [1.82, 2.24) is 5.32 Å². The first-order valence-corrected chi connectivity index (χ1v) is 7.57. The predicted molar refractivity (Wildman–Crippen MR) is 82.9 cm³/mol. The third-order valence-corrected chi connectivity index (χ3v) is 4.68.